The molecule has 2 aromatic heterocycles. The highest BCUT2D eigenvalue weighted by Crippen LogP contribution is 2.45. The molecule has 2 saturated heterocycles. The lowest BCUT2D eigenvalue weighted by atomic mass is 9.97. The van der Waals surface area contributed by atoms with Gasteiger partial charge >= 0.3 is 0 Å². The topological polar surface area (TPSA) is 79.3 Å². The number of carbonyl (C=O) groups is 1. The lowest BCUT2D eigenvalue weighted by Gasteiger charge is -2.30. The van der Waals surface area contributed by atoms with Crippen molar-refractivity contribution in [1.82, 2.24) is 19.7 Å². The van der Waals surface area contributed by atoms with Gasteiger partial charge in [-0.25, -0.2) is 9.37 Å². The summed E-state index contributed by atoms with van der Waals surface area (Å²) < 4.78 is 23.2. The number of aromatic amines is 1. The standard InChI is InChI=1S/C25H23FN6O2/c1-13-22-23(29-30(13)2)25(33)32(15-4-6-20-21(9-15)28-12-27-20)24(22)18-5-3-14(8-19(18)26)31-10-17-7-16(31)11-34-17/h3-6,8-9,12,16-17,24H,7,10-11H2,1-2H3,(H,27,28). The molecule has 1 amide bonds. The first-order chi connectivity index (χ1) is 16.5. The van der Waals surface area contributed by atoms with Crippen LogP contribution in [0.2, 0.25) is 0 Å². The van der Waals surface area contributed by atoms with E-state index in [1.807, 2.05) is 44.3 Å². The first-order valence-electron chi connectivity index (χ1n) is 11.5. The van der Waals surface area contributed by atoms with E-state index in [9.17, 15) is 4.79 Å². The highest BCUT2D eigenvalue weighted by Gasteiger charge is 2.45. The fourth-order valence-electron chi connectivity index (χ4n) is 5.74. The molecular formula is C25H23FN6O2. The Labute approximate surface area is 194 Å². The number of anilines is 2. The van der Waals surface area contributed by atoms with Gasteiger partial charge in [-0.15, -0.1) is 0 Å². The summed E-state index contributed by atoms with van der Waals surface area (Å²) in [5.41, 5.74) is 5.56. The van der Waals surface area contributed by atoms with E-state index in [1.54, 1.807) is 22.0 Å². The lowest BCUT2D eigenvalue weighted by Crippen LogP contribution is -2.37. The van der Waals surface area contributed by atoms with Crippen LogP contribution in [0.25, 0.3) is 11.0 Å². The summed E-state index contributed by atoms with van der Waals surface area (Å²) in [6.45, 7) is 3.39. The largest absolute Gasteiger partial charge is 0.374 e. The van der Waals surface area contributed by atoms with E-state index in [-0.39, 0.29) is 17.8 Å². The third kappa shape index (κ3) is 2.64. The average Bonchev–Trinajstić information content (AvgIpc) is 3.64. The van der Waals surface area contributed by atoms with Crippen molar-refractivity contribution in [1.29, 1.82) is 0 Å². The number of carbonyl (C=O) groups excluding carboxylic acids is 1. The summed E-state index contributed by atoms with van der Waals surface area (Å²) in [7, 11) is 1.81. The molecule has 2 bridgehead atoms. The fourth-order valence-corrected chi connectivity index (χ4v) is 5.74. The number of ether oxygens (including phenoxy) is 1. The molecule has 3 aliphatic rings. The minimum Gasteiger partial charge on any atom is -0.374 e. The Bertz CT molecular complexity index is 1480. The molecule has 0 aliphatic carbocycles. The number of morpholine rings is 1. The third-order valence-electron chi connectivity index (χ3n) is 7.53. The Morgan fingerprint density at radius 1 is 1.18 bits per heavy atom. The van der Waals surface area contributed by atoms with Gasteiger partial charge in [0.1, 0.15) is 5.82 Å². The first-order valence-corrected chi connectivity index (χ1v) is 11.5. The summed E-state index contributed by atoms with van der Waals surface area (Å²) in [6.07, 6.45) is 2.84. The summed E-state index contributed by atoms with van der Waals surface area (Å²) in [6, 6.07) is 10.7. The number of imidazole rings is 1. The van der Waals surface area contributed by atoms with Gasteiger partial charge in [0.05, 0.1) is 42.2 Å². The molecule has 2 fully saturated rings. The quantitative estimate of drug-likeness (QED) is 0.509. The predicted molar refractivity (Wildman–Crippen MR) is 125 cm³/mol. The summed E-state index contributed by atoms with van der Waals surface area (Å²) in [4.78, 5) is 24.8. The fraction of sp³-hybridized carbons (Fsp3) is 0.320. The molecule has 7 rings (SSSR count). The van der Waals surface area contributed by atoms with Crippen LogP contribution in [-0.4, -0.2) is 51.0 Å². The monoisotopic (exact) mass is 458 g/mol. The second-order valence-corrected chi connectivity index (χ2v) is 9.36. The average molecular weight is 458 g/mol. The Morgan fingerprint density at radius 3 is 2.79 bits per heavy atom. The van der Waals surface area contributed by atoms with Crippen LogP contribution in [0.3, 0.4) is 0 Å². The van der Waals surface area contributed by atoms with Crippen molar-refractivity contribution < 1.29 is 13.9 Å². The van der Waals surface area contributed by atoms with Crippen LogP contribution in [-0.2, 0) is 11.8 Å². The van der Waals surface area contributed by atoms with Gasteiger partial charge in [-0.3, -0.25) is 14.4 Å². The Hall–Kier alpha value is -3.72. The zero-order valence-corrected chi connectivity index (χ0v) is 18.8. The SMILES string of the molecule is Cc1c2c(nn1C)C(=O)N(c1ccc3nc[nH]c3c1)C2c1ccc(N2CC3CC2CO3)cc1F. The molecule has 3 unspecified atom stereocenters. The van der Waals surface area contributed by atoms with Gasteiger partial charge in [-0.2, -0.15) is 5.10 Å². The third-order valence-corrected chi connectivity index (χ3v) is 7.53. The molecule has 0 saturated carbocycles. The number of aryl methyl sites for hydroxylation is 1. The summed E-state index contributed by atoms with van der Waals surface area (Å²) in [5.74, 6) is -0.567. The number of halogens is 1. The Morgan fingerprint density at radius 2 is 2.03 bits per heavy atom. The Kier molecular flexibility index (Phi) is 4.00. The van der Waals surface area contributed by atoms with Crippen molar-refractivity contribution in [2.45, 2.75) is 31.5 Å². The van der Waals surface area contributed by atoms with Gasteiger partial charge in [-0.05, 0) is 43.7 Å². The predicted octanol–water partition coefficient (Wildman–Crippen LogP) is 3.47. The number of hydrogen-bond donors (Lipinski definition) is 1. The highest BCUT2D eigenvalue weighted by molar-refractivity contribution is 6.11. The van der Waals surface area contributed by atoms with Crippen LogP contribution >= 0.6 is 0 Å². The minimum absolute atomic E-state index is 0.230. The molecule has 1 N–H and O–H groups in total. The number of fused-ring (bicyclic) bond motifs is 4. The number of rotatable bonds is 3. The van der Waals surface area contributed by atoms with E-state index in [2.05, 4.69) is 20.0 Å². The molecule has 2 aromatic carbocycles. The number of hydrogen-bond acceptors (Lipinski definition) is 5. The van der Waals surface area contributed by atoms with Crippen LogP contribution in [0.1, 0.15) is 39.8 Å². The van der Waals surface area contributed by atoms with Crippen molar-refractivity contribution in [2.75, 3.05) is 23.0 Å². The van der Waals surface area contributed by atoms with Crippen molar-refractivity contribution in [3.8, 4) is 0 Å². The molecule has 8 nitrogen and oxygen atoms in total. The van der Waals surface area contributed by atoms with Crippen LogP contribution < -0.4 is 9.80 Å². The van der Waals surface area contributed by atoms with Gasteiger partial charge in [0.15, 0.2) is 5.69 Å². The van der Waals surface area contributed by atoms with Gasteiger partial charge < -0.3 is 14.6 Å². The molecule has 3 aliphatic heterocycles. The first kappa shape index (κ1) is 19.7. The molecule has 4 aromatic rings. The lowest BCUT2D eigenvalue weighted by molar-refractivity contribution is 0.0985. The van der Waals surface area contributed by atoms with Crippen LogP contribution in [0, 0.1) is 12.7 Å². The van der Waals surface area contributed by atoms with Gasteiger partial charge in [0.25, 0.3) is 5.91 Å². The van der Waals surface area contributed by atoms with E-state index in [4.69, 9.17) is 4.74 Å². The highest BCUT2D eigenvalue weighted by atomic mass is 19.1. The smallest absolute Gasteiger partial charge is 0.280 e. The van der Waals surface area contributed by atoms with Gasteiger partial charge in [-0.1, -0.05) is 6.07 Å². The second kappa shape index (κ2) is 6.89. The molecular weight excluding hydrogens is 435 g/mol. The van der Waals surface area contributed by atoms with E-state index in [0.717, 1.165) is 40.9 Å². The molecule has 9 heteroatoms. The normalized spacial score (nSPS) is 23.5. The van der Waals surface area contributed by atoms with Crippen LogP contribution in [0.4, 0.5) is 15.8 Å². The summed E-state index contributed by atoms with van der Waals surface area (Å²) >= 11 is 0. The van der Waals surface area contributed by atoms with Crippen molar-refractivity contribution in [2.24, 2.45) is 7.05 Å². The molecule has 0 radical (unpaired) electrons. The number of nitrogens with zero attached hydrogens (tertiary/aromatic N) is 5. The number of nitrogens with one attached hydrogen (secondary N) is 1. The van der Waals surface area contributed by atoms with Crippen molar-refractivity contribution >= 4 is 28.3 Å². The van der Waals surface area contributed by atoms with Crippen molar-refractivity contribution in [3.05, 3.63) is 71.1 Å². The van der Waals surface area contributed by atoms with E-state index in [1.165, 1.54) is 0 Å². The van der Waals surface area contributed by atoms with Crippen molar-refractivity contribution in [3.63, 3.8) is 0 Å². The maximum atomic E-state index is 15.8. The minimum atomic E-state index is -0.607. The van der Waals surface area contributed by atoms with Crippen LogP contribution in [0.15, 0.2) is 42.7 Å². The van der Waals surface area contributed by atoms with E-state index in [0.29, 0.717) is 29.6 Å². The van der Waals surface area contributed by atoms with Gasteiger partial charge in [0.2, 0.25) is 0 Å². The van der Waals surface area contributed by atoms with E-state index < -0.39 is 6.04 Å². The number of benzene rings is 2. The number of aromatic nitrogens is 4. The maximum Gasteiger partial charge on any atom is 0.280 e. The second-order valence-electron chi connectivity index (χ2n) is 9.36. The zero-order chi connectivity index (χ0) is 23.1. The molecule has 5 heterocycles. The zero-order valence-electron chi connectivity index (χ0n) is 18.8. The van der Waals surface area contributed by atoms with E-state index >= 15 is 4.39 Å². The molecule has 172 valence electrons. The van der Waals surface area contributed by atoms with Crippen LogP contribution in [0.5, 0.6) is 0 Å². The van der Waals surface area contributed by atoms with Gasteiger partial charge in [0, 0.05) is 41.8 Å². The number of amides is 1. The maximum absolute atomic E-state index is 15.8. The molecule has 0 spiro atoms. The summed E-state index contributed by atoms with van der Waals surface area (Å²) in [5, 5.41) is 4.47. The Balaban J connectivity index is 1.35. The number of H-pyrrole nitrogens is 1. The molecule has 34 heavy (non-hydrogen) atoms. The molecule has 3 atom stereocenters.